The van der Waals surface area contributed by atoms with E-state index >= 15 is 0 Å². The first kappa shape index (κ1) is 11.1. The summed E-state index contributed by atoms with van der Waals surface area (Å²) in [5.74, 6) is 0.176. The Hall–Kier alpha value is -0.930. The molecular formula is C7H6Cl2O3. The summed E-state index contributed by atoms with van der Waals surface area (Å²) in [6, 6.07) is 5.85. The van der Waals surface area contributed by atoms with E-state index in [9.17, 15) is 0 Å². The van der Waals surface area contributed by atoms with Gasteiger partial charge in [-0.1, -0.05) is 6.07 Å². The van der Waals surface area contributed by atoms with E-state index in [0.717, 1.165) is 0 Å². The number of hydrogen-bond acceptors (Lipinski definition) is 3. The van der Waals surface area contributed by atoms with Gasteiger partial charge in [-0.25, -0.2) is 0 Å². The molecule has 12 heavy (non-hydrogen) atoms. The molecule has 1 aromatic carbocycles. The van der Waals surface area contributed by atoms with Gasteiger partial charge in [0.2, 0.25) is 0 Å². The maximum Gasteiger partial charge on any atom is 0.313 e. The van der Waals surface area contributed by atoms with Crippen LogP contribution in [0.1, 0.15) is 0 Å². The van der Waals surface area contributed by atoms with Crippen molar-refractivity contribution in [3.8, 4) is 11.5 Å². The van der Waals surface area contributed by atoms with Crippen LogP contribution in [-0.4, -0.2) is 14.9 Å². The summed E-state index contributed by atoms with van der Waals surface area (Å²) in [7, 11) is 0. The number of benzene rings is 1. The topological polar surface area (TPSA) is 57.5 Å². The molecule has 3 nitrogen and oxygen atoms in total. The highest BCUT2D eigenvalue weighted by Crippen LogP contribution is 2.14. The number of hydrogen-bond donors (Lipinski definition) is 2. The van der Waals surface area contributed by atoms with Gasteiger partial charge < -0.3 is 10.2 Å². The molecule has 0 saturated carbocycles. The minimum absolute atomic E-state index is 0.0880. The Kier molecular flexibility index (Phi) is 5.25. The fraction of sp³-hybridized carbons (Fsp3) is 0. The van der Waals surface area contributed by atoms with Crippen LogP contribution >= 0.6 is 23.2 Å². The summed E-state index contributed by atoms with van der Waals surface area (Å²) in [5.41, 5.74) is 0. The Bertz CT molecular complexity index is 241. The number of rotatable bonds is 0. The van der Waals surface area contributed by atoms with Gasteiger partial charge in [0.25, 0.3) is 0 Å². The monoisotopic (exact) mass is 208 g/mol. The van der Waals surface area contributed by atoms with Gasteiger partial charge in [0, 0.05) is 6.07 Å². The molecule has 0 unspecified atom stereocenters. The quantitative estimate of drug-likeness (QED) is 0.645. The minimum atomic E-state index is -0.889. The molecule has 0 saturated heterocycles. The first-order chi connectivity index (χ1) is 5.52. The molecule has 0 radical (unpaired) electrons. The predicted molar refractivity (Wildman–Crippen MR) is 46.9 cm³/mol. The van der Waals surface area contributed by atoms with Crippen LogP contribution in [0, 0.1) is 0 Å². The zero-order valence-corrected chi connectivity index (χ0v) is 7.38. The zero-order valence-electron chi connectivity index (χ0n) is 5.87. The van der Waals surface area contributed by atoms with Gasteiger partial charge >= 0.3 is 4.70 Å². The van der Waals surface area contributed by atoms with Crippen molar-refractivity contribution in [1.29, 1.82) is 0 Å². The lowest BCUT2D eigenvalue weighted by Crippen LogP contribution is -1.61. The Morgan fingerprint density at radius 2 is 1.50 bits per heavy atom. The Morgan fingerprint density at radius 1 is 1.17 bits per heavy atom. The van der Waals surface area contributed by atoms with Crippen molar-refractivity contribution < 1.29 is 15.0 Å². The van der Waals surface area contributed by atoms with Crippen molar-refractivity contribution >= 4 is 27.9 Å². The van der Waals surface area contributed by atoms with Crippen molar-refractivity contribution in [2.24, 2.45) is 0 Å². The van der Waals surface area contributed by atoms with Crippen molar-refractivity contribution in [3.63, 3.8) is 0 Å². The van der Waals surface area contributed by atoms with E-state index in [1.807, 2.05) is 0 Å². The van der Waals surface area contributed by atoms with Crippen LogP contribution in [0.15, 0.2) is 24.3 Å². The third kappa shape index (κ3) is 7.18. The SMILES string of the molecule is O=C(Cl)Cl.Oc1cccc(O)c1. The molecule has 0 fully saturated rings. The van der Waals surface area contributed by atoms with Crippen molar-refractivity contribution in [2.75, 3.05) is 0 Å². The molecule has 0 aliphatic heterocycles. The average molecular weight is 209 g/mol. The largest absolute Gasteiger partial charge is 0.508 e. The van der Waals surface area contributed by atoms with Crippen molar-refractivity contribution in [3.05, 3.63) is 24.3 Å². The van der Waals surface area contributed by atoms with E-state index in [0.29, 0.717) is 0 Å². The second-order valence-corrected chi connectivity index (χ2v) is 2.63. The highest BCUT2D eigenvalue weighted by Gasteiger charge is 1.85. The lowest BCUT2D eigenvalue weighted by Gasteiger charge is -1.89. The first-order valence-corrected chi connectivity index (χ1v) is 3.61. The molecule has 1 aromatic rings. The molecule has 0 amide bonds. The summed E-state index contributed by atoms with van der Waals surface area (Å²) >= 11 is 8.80. The van der Waals surface area contributed by atoms with Crippen LogP contribution in [0.3, 0.4) is 0 Å². The van der Waals surface area contributed by atoms with Crippen molar-refractivity contribution in [2.45, 2.75) is 0 Å². The predicted octanol–water partition coefficient (Wildman–Crippen LogP) is 2.68. The second kappa shape index (κ2) is 5.69. The van der Waals surface area contributed by atoms with E-state index in [2.05, 4.69) is 23.2 Å². The molecule has 0 bridgehead atoms. The lowest BCUT2D eigenvalue weighted by molar-refractivity contribution is 0.275. The Labute approximate surface area is 79.2 Å². The molecule has 0 heterocycles. The Morgan fingerprint density at radius 3 is 1.67 bits per heavy atom. The second-order valence-electron chi connectivity index (χ2n) is 1.75. The average Bonchev–Trinajstić information content (AvgIpc) is 1.84. The molecule has 0 spiro atoms. The molecule has 2 N–H and O–H groups in total. The fourth-order valence-electron chi connectivity index (χ4n) is 0.493. The van der Waals surface area contributed by atoms with Crippen molar-refractivity contribution in [1.82, 2.24) is 0 Å². The van der Waals surface area contributed by atoms with E-state index in [4.69, 9.17) is 15.0 Å². The van der Waals surface area contributed by atoms with E-state index in [-0.39, 0.29) is 11.5 Å². The molecule has 0 aliphatic rings. The molecular weight excluding hydrogens is 203 g/mol. The maximum atomic E-state index is 8.98. The van der Waals surface area contributed by atoms with Gasteiger partial charge in [-0.05, 0) is 35.3 Å². The van der Waals surface area contributed by atoms with Gasteiger partial charge in [0.15, 0.2) is 0 Å². The highest BCUT2D eigenvalue weighted by atomic mass is 35.5. The standard InChI is InChI=1S/C6H6O2.CCl2O/c7-5-2-1-3-6(8)4-5;2-1(3)4/h1-4,7-8H;. The smallest absolute Gasteiger partial charge is 0.313 e. The summed E-state index contributed by atoms with van der Waals surface area (Å²) < 4.78 is -0.889. The van der Waals surface area contributed by atoms with Gasteiger partial charge in [-0.2, -0.15) is 0 Å². The van der Waals surface area contributed by atoms with Gasteiger partial charge in [0.1, 0.15) is 11.5 Å². The first-order valence-electron chi connectivity index (χ1n) is 2.85. The maximum absolute atomic E-state index is 8.98. The van der Waals surface area contributed by atoms with E-state index < -0.39 is 4.70 Å². The third-order valence-corrected chi connectivity index (χ3v) is 0.830. The number of carbonyl (C=O) groups is 1. The Balaban J connectivity index is 0.000000261. The summed E-state index contributed by atoms with van der Waals surface area (Å²) in [6.07, 6.45) is 0. The molecule has 0 atom stereocenters. The molecule has 5 heteroatoms. The van der Waals surface area contributed by atoms with Crippen LogP contribution in [0.5, 0.6) is 11.5 Å². The van der Waals surface area contributed by atoms with Crippen LogP contribution in [-0.2, 0) is 0 Å². The molecule has 0 aromatic heterocycles. The number of halogens is 2. The third-order valence-electron chi connectivity index (χ3n) is 0.830. The fourth-order valence-corrected chi connectivity index (χ4v) is 0.493. The van der Waals surface area contributed by atoms with Crippen LogP contribution in [0.25, 0.3) is 0 Å². The molecule has 1 rings (SSSR count). The summed E-state index contributed by atoms with van der Waals surface area (Å²) in [6.45, 7) is 0. The lowest BCUT2D eigenvalue weighted by atomic mass is 10.3. The van der Waals surface area contributed by atoms with E-state index in [1.165, 1.54) is 18.2 Å². The highest BCUT2D eigenvalue weighted by molar-refractivity contribution is 6.93. The summed E-state index contributed by atoms with van der Waals surface area (Å²) in [4.78, 5) is 8.98. The zero-order chi connectivity index (χ0) is 9.56. The molecule has 66 valence electrons. The molecule has 0 aliphatic carbocycles. The van der Waals surface area contributed by atoms with Crippen LogP contribution in [0.2, 0.25) is 0 Å². The number of carbonyl (C=O) groups excluding carboxylic acids is 1. The minimum Gasteiger partial charge on any atom is -0.508 e. The van der Waals surface area contributed by atoms with Gasteiger partial charge in [-0.15, -0.1) is 0 Å². The van der Waals surface area contributed by atoms with Gasteiger partial charge in [0.05, 0.1) is 0 Å². The number of phenols is 2. The van der Waals surface area contributed by atoms with Gasteiger partial charge in [-0.3, -0.25) is 4.79 Å². The number of aromatic hydroxyl groups is 2. The summed E-state index contributed by atoms with van der Waals surface area (Å²) in [5, 5.41) is 17.3. The van der Waals surface area contributed by atoms with Crippen LogP contribution in [0.4, 0.5) is 4.79 Å². The number of phenolic OH excluding ortho intramolecular Hbond substituents is 2. The van der Waals surface area contributed by atoms with E-state index in [1.54, 1.807) is 6.07 Å². The van der Waals surface area contributed by atoms with Crippen LogP contribution < -0.4 is 0 Å². The normalized spacial score (nSPS) is 8.17.